The molecule has 2 N–H and O–H groups in total. The van der Waals surface area contributed by atoms with E-state index in [0.29, 0.717) is 6.54 Å². The molecule has 1 aromatic rings. The minimum absolute atomic E-state index is 0.362. The van der Waals surface area contributed by atoms with E-state index in [1.165, 1.54) is 11.8 Å². The first kappa shape index (κ1) is 16.5. The highest BCUT2D eigenvalue weighted by atomic mass is 32.2. The minimum Gasteiger partial charge on any atom is -0.400 e. The number of hydrogen-bond acceptors (Lipinski definition) is 6. The summed E-state index contributed by atoms with van der Waals surface area (Å²) in [5.74, 6) is 0. The smallest absolute Gasteiger partial charge is 0.400 e. The van der Waals surface area contributed by atoms with Gasteiger partial charge in [-0.05, 0) is 39.4 Å². The van der Waals surface area contributed by atoms with Crippen LogP contribution in [-0.2, 0) is 9.31 Å². The maximum atomic E-state index is 6.02. The maximum Gasteiger partial charge on any atom is 0.491 e. The van der Waals surface area contributed by atoms with Crippen LogP contribution in [0.25, 0.3) is 6.08 Å². The summed E-state index contributed by atoms with van der Waals surface area (Å²) < 4.78 is 12.0. The lowest BCUT2D eigenvalue weighted by molar-refractivity contribution is 0.00578. The molecular formula is C14H22BN3O2S. The van der Waals surface area contributed by atoms with Crippen LogP contribution in [0.1, 0.15) is 33.3 Å². The van der Waals surface area contributed by atoms with Gasteiger partial charge in [-0.1, -0.05) is 17.8 Å². The predicted molar refractivity (Wildman–Crippen MR) is 86.9 cm³/mol. The number of nitrogens with zero attached hydrogens (tertiary/aromatic N) is 2. The molecule has 1 aliphatic heterocycles. The molecule has 1 fully saturated rings. The molecular weight excluding hydrogens is 285 g/mol. The van der Waals surface area contributed by atoms with Gasteiger partial charge in [0.05, 0.1) is 11.2 Å². The Labute approximate surface area is 130 Å². The van der Waals surface area contributed by atoms with E-state index in [1.807, 2.05) is 40.0 Å². The van der Waals surface area contributed by atoms with E-state index in [2.05, 4.69) is 9.97 Å². The normalized spacial score (nSPS) is 20.9. The number of hydrogen-bond donors (Lipinski definition) is 1. The van der Waals surface area contributed by atoms with Crippen molar-refractivity contribution in [1.82, 2.24) is 9.97 Å². The fraction of sp³-hybridized carbons (Fsp3) is 0.571. The molecule has 2 rings (SSSR count). The van der Waals surface area contributed by atoms with Crippen LogP contribution in [0.5, 0.6) is 0 Å². The molecule has 1 aliphatic rings. The predicted octanol–water partition coefficient (Wildman–Crippen LogP) is 2.17. The Kier molecular flexibility index (Phi) is 4.77. The van der Waals surface area contributed by atoms with Gasteiger partial charge in [0, 0.05) is 24.5 Å². The molecule has 0 aromatic carbocycles. The molecule has 2 heterocycles. The Morgan fingerprint density at radius 3 is 2.19 bits per heavy atom. The largest absolute Gasteiger partial charge is 0.491 e. The van der Waals surface area contributed by atoms with Crippen LogP contribution in [0.15, 0.2) is 23.0 Å². The molecule has 0 radical (unpaired) electrons. The minimum atomic E-state index is -0.430. The zero-order chi connectivity index (χ0) is 15.7. The number of aromatic nitrogens is 2. The van der Waals surface area contributed by atoms with E-state index in [0.717, 1.165) is 16.2 Å². The molecule has 0 atom stereocenters. The van der Waals surface area contributed by atoms with Crippen molar-refractivity contribution in [2.24, 2.45) is 5.73 Å². The van der Waals surface area contributed by atoms with E-state index >= 15 is 0 Å². The van der Waals surface area contributed by atoms with Gasteiger partial charge < -0.3 is 15.0 Å². The second-order valence-corrected chi connectivity index (χ2v) is 6.79. The second-order valence-electron chi connectivity index (χ2n) is 6.01. The van der Waals surface area contributed by atoms with Gasteiger partial charge in [0.25, 0.3) is 0 Å². The van der Waals surface area contributed by atoms with Crippen LogP contribution in [-0.4, -0.2) is 41.1 Å². The van der Waals surface area contributed by atoms with Crippen LogP contribution in [0.2, 0.25) is 0 Å². The highest BCUT2D eigenvalue weighted by molar-refractivity contribution is 7.98. The molecule has 7 heteroatoms. The summed E-state index contributed by atoms with van der Waals surface area (Å²) in [4.78, 5) is 8.51. The van der Waals surface area contributed by atoms with E-state index < -0.39 is 7.12 Å². The van der Waals surface area contributed by atoms with Crippen LogP contribution in [0, 0.1) is 0 Å². The molecule has 1 saturated heterocycles. The number of thioether (sulfide) groups is 1. The summed E-state index contributed by atoms with van der Waals surface area (Å²) in [5.41, 5.74) is 6.90. The highest BCUT2D eigenvalue weighted by Gasteiger charge is 2.52. The first-order chi connectivity index (χ1) is 9.79. The monoisotopic (exact) mass is 307 g/mol. The van der Waals surface area contributed by atoms with Crippen molar-refractivity contribution in [3.8, 4) is 0 Å². The topological polar surface area (TPSA) is 70.3 Å². The lowest BCUT2D eigenvalue weighted by Crippen LogP contribution is -2.41. The first-order valence-corrected chi connectivity index (χ1v) is 8.14. The summed E-state index contributed by atoms with van der Waals surface area (Å²) in [6.45, 7) is 8.46. The molecule has 0 spiro atoms. The molecule has 0 unspecified atom stereocenters. The number of nitrogens with two attached hydrogens (primary N) is 1. The first-order valence-electron chi connectivity index (χ1n) is 6.91. The summed E-state index contributed by atoms with van der Waals surface area (Å²) in [6, 6.07) is 0. The van der Waals surface area contributed by atoms with Crippen molar-refractivity contribution >= 4 is 25.0 Å². The average molecular weight is 307 g/mol. The van der Waals surface area contributed by atoms with E-state index in [1.54, 1.807) is 12.4 Å². The summed E-state index contributed by atoms with van der Waals surface area (Å²) in [7, 11) is -0.430. The average Bonchev–Trinajstić information content (AvgIpc) is 2.65. The molecule has 0 amide bonds. The van der Waals surface area contributed by atoms with Crippen LogP contribution in [0.3, 0.4) is 0 Å². The third-order valence-electron chi connectivity index (χ3n) is 3.97. The van der Waals surface area contributed by atoms with Crippen LogP contribution in [0.4, 0.5) is 0 Å². The zero-order valence-electron chi connectivity index (χ0n) is 13.2. The fourth-order valence-electron chi connectivity index (χ4n) is 1.94. The van der Waals surface area contributed by atoms with E-state index in [-0.39, 0.29) is 11.2 Å². The van der Waals surface area contributed by atoms with Gasteiger partial charge in [-0.2, -0.15) is 0 Å². The Morgan fingerprint density at radius 1 is 1.24 bits per heavy atom. The van der Waals surface area contributed by atoms with Gasteiger partial charge in [0.1, 0.15) is 0 Å². The van der Waals surface area contributed by atoms with E-state index in [4.69, 9.17) is 15.0 Å². The SMILES string of the molecule is CSc1ncc(C=C(CN)B2OC(C)(C)C(C)(C)O2)cn1. The van der Waals surface area contributed by atoms with Gasteiger partial charge in [-0.3, -0.25) is 0 Å². The zero-order valence-corrected chi connectivity index (χ0v) is 14.0. The van der Waals surface area contributed by atoms with Gasteiger partial charge in [0.15, 0.2) is 5.16 Å². The number of rotatable bonds is 4. The van der Waals surface area contributed by atoms with Crippen molar-refractivity contribution in [3.63, 3.8) is 0 Å². The Balaban J connectivity index is 2.22. The molecule has 0 saturated carbocycles. The lowest BCUT2D eigenvalue weighted by Gasteiger charge is -2.32. The molecule has 5 nitrogen and oxygen atoms in total. The molecule has 21 heavy (non-hydrogen) atoms. The third kappa shape index (κ3) is 3.48. The summed E-state index contributed by atoms with van der Waals surface area (Å²) in [5, 5.41) is 0.747. The molecule has 0 aliphatic carbocycles. The van der Waals surface area contributed by atoms with Crippen molar-refractivity contribution in [3.05, 3.63) is 23.4 Å². The third-order valence-corrected chi connectivity index (χ3v) is 4.55. The Morgan fingerprint density at radius 2 is 1.76 bits per heavy atom. The standard InChI is InChI=1S/C14H22BN3O2S/c1-13(2)14(3,4)20-15(19-13)11(7-16)6-10-8-17-12(21-5)18-9-10/h6,8-9H,7,16H2,1-5H3. The van der Waals surface area contributed by atoms with Crippen molar-refractivity contribution in [2.45, 2.75) is 44.1 Å². The van der Waals surface area contributed by atoms with Gasteiger partial charge >= 0.3 is 7.12 Å². The second kappa shape index (κ2) is 6.08. The van der Waals surface area contributed by atoms with Gasteiger partial charge in [-0.25, -0.2) is 9.97 Å². The Hall–Kier alpha value is -0.885. The fourth-order valence-corrected chi connectivity index (χ4v) is 2.25. The van der Waals surface area contributed by atoms with Crippen molar-refractivity contribution in [1.29, 1.82) is 0 Å². The summed E-state index contributed by atoms with van der Waals surface area (Å²) in [6.07, 6.45) is 7.44. The lowest BCUT2D eigenvalue weighted by atomic mass is 9.77. The molecule has 1 aromatic heterocycles. The maximum absolute atomic E-state index is 6.02. The van der Waals surface area contributed by atoms with Crippen molar-refractivity contribution < 1.29 is 9.31 Å². The highest BCUT2D eigenvalue weighted by Crippen LogP contribution is 2.38. The molecule has 114 valence electrons. The van der Waals surface area contributed by atoms with Gasteiger partial charge in [-0.15, -0.1) is 0 Å². The van der Waals surface area contributed by atoms with Crippen molar-refractivity contribution in [2.75, 3.05) is 12.8 Å². The Bertz CT molecular complexity index is 516. The van der Waals surface area contributed by atoms with Crippen LogP contribution < -0.4 is 5.73 Å². The van der Waals surface area contributed by atoms with Gasteiger partial charge in [0.2, 0.25) is 0 Å². The molecule has 0 bridgehead atoms. The van der Waals surface area contributed by atoms with Crippen LogP contribution >= 0.6 is 11.8 Å². The van der Waals surface area contributed by atoms with E-state index in [9.17, 15) is 0 Å². The summed E-state index contributed by atoms with van der Waals surface area (Å²) >= 11 is 1.51. The quantitative estimate of drug-likeness (QED) is 0.522.